The molecule has 0 saturated carbocycles. The van der Waals surface area contributed by atoms with E-state index < -0.39 is 36.0 Å². The number of carbonyl (C=O) groups excluding carboxylic acids is 1. The lowest BCUT2D eigenvalue weighted by Crippen LogP contribution is -2.41. The monoisotopic (exact) mass is 498 g/mol. The van der Waals surface area contributed by atoms with Crippen LogP contribution in [-0.4, -0.2) is 50.1 Å². The van der Waals surface area contributed by atoms with Crippen molar-refractivity contribution in [2.24, 2.45) is 0 Å². The van der Waals surface area contributed by atoms with Crippen molar-refractivity contribution in [2.45, 2.75) is 38.2 Å². The molecule has 34 heavy (non-hydrogen) atoms. The number of hydrogen-bond donors (Lipinski definition) is 2. The predicted octanol–water partition coefficient (Wildman–Crippen LogP) is 4.08. The first-order valence-corrected chi connectivity index (χ1v) is 10.4. The van der Waals surface area contributed by atoms with Crippen LogP contribution in [0.1, 0.15) is 31.3 Å². The number of carbonyl (C=O) groups is 1. The van der Waals surface area contributed by atoms with Crippen molar-refractivity contribution in [1.29, 1.82) is 0 Å². The molecule has 10 nitrogen and oxygen atoms in total. The highest BCUT2D eigenvalue weighted by atomic mass is 35.5. The number of nitrogens with zero attached hydrogens (tertiary/aromatic N) is 5. The number of cyclic esters (lactones) is 1. The molecule has 4 rings (SSSR count). The third-order valence-corrected chi connectivity index (χ3v) is 5.27. The number of nitrogens with one attached hydrogen (secondary N) is 1. The average Bonchev–Trinajstić information content (AvgIpc) is 3.40. The van der Waals surface area contributed by atoms with Gasteiger partial charge in [-0.1, -0.05) is 16.8 Å². The standard InChI is InChI=1S/C20H18ClF3N6O4/c1-9(17-28-16(29-34-17)12-4-3-11(21)7-13(12)20(22,23)24)26-18-25-6-5-15(27-18)30-14(10(2)31)8-33-19(30)32/h3-7,9-10,14,31H,8H2,1-2H3,(H,25,26,27)/t9-,10+,14+/m0/s1. The van der Waals surface area contributed by atoms with Gasteiger partial charge in [-0.3, -0.25) is 4.90 Å². The Labute approximate surface area is 195 Å². The molecule has 1 aliphatic rings. The summed E-state index contributed by atoms with van der Waals surface area (Å²) in [5.74, 6) is -0.00650. The Morgan fingerprint density at radius 3 is 2.74 bits per heavy atom. The van der Waals surface area contributed by atoms with E-state index in [1.54, 1.807) is 6.92 Å². The zero-order valence-corrected chi connectivity index (χ0v) is 18.5. The lowest BCUT2D eigenvalue weighted by molar-refractivity contribution is -0.137. The molecule has 2 N–H and O–H groups in total. The fraction of sp³-hybridized carbons (Fsp3) is 0.350. The van der Waals surface area contributed by atoms with Crippen molar-refractivity contribution >= 4 is 29.5 Å². The molecule has 0 unspecified atom stereocenters. The highest BCUT2D eigenvalue weighted by molar-refractivity contribution is 6.30. The third-order valence-electron chi connectivity index (χ3n) is 5.04. The number of rotatable bonds is 6. The summed E-state index contributed by atoms with van der Waals surface area (Å²) in [6, 6.07) is 3.41. The molecule has 1 amide bonds. The van der Waals surface area contributed by atoms with Crippen molar-refractivity contribution in [1.82, 2.24) is 20.1 Å². The minimum Gasteiger partial charge on any atom is -0.447 e. The van der Waals surface area contributed by atoms with Crippen molar-refractivity contribution in [2.75, 3.05) is 16.8 Å². The van der Waals surface area contributed by atoms with E-state index >= 15 is 0 Å². The molecule has 1 aromatic carbocycles. The maximum Gasteiger partial charge on any atom is 0.417 e. The summed E-state index contributed by atoms with van der Waals surface area (Å²) in [7, 11) is 0. The van der Waals surface area contributed by atoms with Gasteiger partial charge in [0.05, 0.1) is 11.7 Å². The zero-order chi connectivity index (χ0) is 24.6. The van der Waals surface area contributed by atoms with Gasteiger partial charge in [-0.05, 0) is 38.1 Å². The number of ether oxygens (including phenoxy) is 1. The average molecular weight is 499 g/mol. The van der Waals surface area contributed by atoms with Crippen molar-refractivity contribution in [3.63, 3.8) is 0 Å². The number of amides is 1. The number of alkyl halides is 3. The molecule has 0 spiro atoms. The van der Waals surface area contributed by atoms with Gasteiger partial charge in [0.15, 0.2) is 0 Å². The van der Waals surface area contributed by atoms with Crippen LogP contribution < -0.4 is 10.2 Å². The van der Waals surface area contributed by atoms with Crippen LogP contribution in [0.25, 0.3) is 11.4 Å². The normalized spacial score (nSPS) is 18.0. The minimum absolute atomic E-state index is 0.00897. The van der Waals surface area contributed by atoms with Gasteiger partial charge in [-0.2, -0.15) is 23.1 Å². The van der Waals surface area contributed by atoms with E-state index in [0.717, 1.165) is 12.1 Å². The summed E-state index contributed by atoms with van der Waals surface area (Å²) < 4.78 is 50.4. The molecule has 0 aliphatic carbocycles. The molecule has 1 fully saturated rings. The summed E-state index contributed by atoms with van der Waals surface area (Å²) in [6.45, 7) is 3.15. The van der Waals surface area contributed by atoms with Crippen LogP contribution in [0.5, 0.6) is 0 Å². The smallest absolute Gasteiger partial charge is 0.417 e. The van der Waals surface area contributed by atoms with Crippen molar-refractivity contribution < 1.29 is 32.3 Å². The molecule has 1 aliphatic heterocycles. The Bertz CT molecular complexity index is 1210. The Kier molecular flexibility index (Phi) is 6.32. The van der Waals surface area contributed by atoms with Crippen LogP contribution in [0.15, 0.2) is 35.0 Å². The maximum atomic E-state index is 13.4. The van der Waals surface area contributed by atoms with Gasteiger partial charge in [0.25, 0.3) is 0 Å². The second-order valence-corrected chi connectivity index (χ2v) is 7.94. The molecule has 14 heteroatoms. The van der Waals surface area contributed by atoms with E-state index in [4.69, 9.17) is 20.9 Å². The van der Waals surface area contributed by atoms with E-state index in [9.17, 15) is 23.1 Å². The van der Waals surface area contributed by atoms with Gasteiger partial charge in [0, 0.05) is 16.8 Å². The highest BCUT2D eigenvalue weighted by Gasteiger charge is 2.38. The number of anilines is 2. The first-order chi connectivity index (χ1) is 16.0. The van der Waals surface area contributed by atoms with Gasteiger partial charge >= 0.3 is 12.3 Å². The Balaban J connectivity index is 1.55. The van der Waals surface area contributed by atoms with E-state index in [-0.39, 0.29) is 40.7 Å². The number of aliphatic hydroxyl groups is 1. The largest absolute Gasteiger partial charge is 0.447 e. The summed E-state index contributed by atoms with van der Waals surface area (Å²) in [6.07, 6.45) is -4.79. The summed E-state index contributed by atoms with van der Waals surface area (Å²) in [5, 5.41) is 16.4. The minimum atomic E-state index is -4.67. The second kappa shape index (κ2) is 9.06. The second-order valence-electron chi connectivity index (χ2n) is 7.50. The van der Waals surface area contributed by atoms with Crippen LogP contribution >= 0.6 is 11.6 Å². The SMILES string of the molecule is C[C@H](Nc1nccc(N2C(=O)OC[C@@H]2[C@@H](C)O)n1)c1nc(-c2ccc(Cl)cc2C(F)(F)F)no1. The van der Waals surface area contributed by atoms with Crippen LogP contribution in [0, 0.1) is 0 Å². The van der Waals surface area contributed by atoms with E-state index in [1.165, 1.54) is 30.2 Å². The molecule has 0 bridgehead atoms. The molecular weight excluding hydrogens is 481 g/mol. The maximum absolute atomic E-state index is 13.4. The van der Waals surface area contributed by atoms with Crippen LogP contribution in [-0.2, 0) is 10.9 Å². The molecule has 0 radical (unpaired) electrons. The number of aromatic nitrogens is 4. The van der Waals surface area contributed by atoms with Gasteiger partial charge < -0.3 is 19.7 Å². The first kappa shape index (κ1) is 23.7. The third kappa shape index (κ3) is 4.75. The fourth-order valence-electron chi connectivity index (χ4n) is 3.33. The molecule has 3 heterocycles. The van der Waals surface area contributed by atoms with E-state index in [2.05, 4.69) is 25.4 Å². The Morgan fingerprint density at radius 1 is 1.26 bits per heavy atom. The van der Waals surface area contributed by atoms with Gasteiger partial charge in [0.1, 0.15) is 24.5 Å². The predicted molar refractivity (Wildman–Crippen MR) is 113 cm³/mol. The number of halogens is 4. The van der Waals surface area contributed by atoms with Gasteiger partial charge in [-0.15, -0.1) is 0 Å². The number of hydrogen-bond acceptors (Lipinski definition) is 9. The first-order valence-electron chi connectivity index (χ1n) is 9.99. The van der Waals surface area contributed by atoms with Gasteiger partial charge in [-0.25, -0.2) is 9.78 Å². The summed E-state index contributed by atoms with van der Waals surface area (Å²) in [4.78, 5) is 25.7. The lowest BCUT2D eigenvalue weighted by Gasteiger charge is -2.22. The van der Waals surface area contributed by atoms with Crippen molar-refractivity contribution in [3.8, 4) is 11.4 Å². The molecule has 1 saturated heterocycles. The fourth-order valence-corrected chi connectivity index (χ4v) is 3.50. The van der Waals surface area contributed by atoms with Crippen LogP contribution in [0.2, 0.25) is 5.02 Å². The summed E-state index contributed by atoms with van der Waals surface area (Å²) >= 11 is 5.72. The topological polar surface area (TPSA) is 127 Å². The quantitative estimate of drug-likeness (QED) is 0.516. The number of benzene rings is 1. The molecule has 3 aromatic rings. The highest BCUT2D eigenvalue weighted by Crippen LogP contribution is 2.38. The van der Waals surface area contributed by atoms with Crippen molar-refractivity contribution in [3.05, 3.63) is 46.9 Å². The molecule has 180 valence electrons. The molecular formula is C20H18ClF3N6O4. The molecule has 2 aromatic heterocycles. The zero-order valence-electron chi connectivity index (χ0n) is 17.7. The summed E-state index contributed by atoms with van der Waals surface area (Å²) in [5.41, 5.74) is -1.27. The Hall–Kier alpha value is -3.45. The van der Waals surface area contributed by atoms with Crippen LogP contribution in [0.4, 0.5) is 29.7 Å². The number of aliphatic hydroxyl groups excluding tert-OH is 1. The van der Waals surface area contributed by atoms with Gasteiger partial charge in [0.2, 0.25) is 17.7 Å². The molecule has 3 atom stereocenters. The Morgan fingerprint density at radius 2 is 2.03 bits per heavy atom. The lowest BCUT2D eigenvalue weighted by atomic mass is 10.1. The van der Waals surface area contributed by atoms with Crippen LogP contribution in [0.3, 0.4) is 0 Å². The van der Waals surface area contributed by atoms with E-state index in [1.807, 2.05) is 0 Å². The van der Waals surface area contributed by atoms with E-state index in [0.29, 0.717) is 0 Å².